The van der Waals surface area contributed by atoms with E-state index < -0.39 is 42.4 Å². The molecule has 0 amide bonds. The smallest absolute Gasteiger partial charge is 0.330 e. The van der Waals surface area contributed by atoms with E-state index in [9.17, 15) is 24.2 Å². The van der Waals surface area contributed by atoms with Gasteiger partial charge in [-0.1, -0.05) is 0 Å². The van der Waals surface area contributed by atoms with E-state index in [1.54, 1.807) is 0 Å². The van der Waals surface area contributed by atoms with Gasteiger partial charge in [0.2, 0.25) is 0 Å². The van der Waals surface area contributed by atoms with E-state index in [2.05, 4.69) is 0 Å². The van der Waals surface area contributed by atoms with Crippen LogP contribution >= 0.6 is 0 Å². The second-order valence-electron chi connectivity index (χ2n) is 4.27. The van der Waals surface area contributed by atoms with Crippen LogP contribution in [0, 0.1) is 0 Å². The van der Waals surface area contributed by atoms with E-state index in [1.807, 2.05) is 4.98 Å². The molecule has 2 rings (SSSR count). The minimum Gasteiger partial charge on any atom is -0.394 e. The minimum atomic E-state index is -1.47. The van der Waals surface area contributed by atoms with Crippen LogP contribution in [0.3, 0.4) is 0 Å². The lowest BCUT2D eigenvalue weighted by Gasteiger charge is -2.17. The van der Waals surface area contributed by atoms with Gasteiger partial charge in [-0.2, -0.15) is 0 Å². The molecule has 9 heteroatoms. The summed E-state index contributed by atoms with van der Waals surface area (Å²) in [4.78, 5) is 25.0. The zero-order valence-corrected chi connectivity index (χ0v) is 10.1. The predicted molar refractivity (Wildman–Crippen MR) is 64.5 cm³/mol. The van der Waals surface area contributed by atoms with Gasteiger partial charge in [-0.3, -0.25) is 14.3 Å². The average molecular weight is 288 g/mol. The fourth-order valence-corrected chi connectivity index (χ4v) is 1.99. The van der Waals surface area contributed by atoms with Crippen LogP contribution in [0.15, 0.2) is 22.1 Å². The van der Waals surface area contributed by atoms with Gasteiger partial charge in [0.1, 0.15) is 18.3 Å². The molecule has 4 N–H and O–H groups in total. The van der Waals surface area contributed by atoms with Crippen LogP contribution in [-0.4, -0.2) is 49.8 Å². The summed E-state index contributed by atoms with van der Waals surface area (Å²) in [6, 6.07) is 0. The van der Waals surface area contributed by atoms with Crippen molar-refractivity contribution in [2.24, 2.45) is 0 Å². The molecule has 1 saturated heterocycles. The van der Waals surface area contributed by atoms with Crippen molar-refractivity contribution in [3.05, 3.63) is 38.9 Å². The molecule has 8 nitrogen and oxygen atoms in total. The van der Waals surface area contributed by atoms with Crippen molar-refractivity contribution < 1.29 is 24.4 Å². The molecule has 2 unspecified atom stereocenters. The summed E-state index contributed by atoms with van der Waals surface area (Å²) in [5, 5.41) is 28.4. The number of H-pyrrole nitrogens is 1. The lowest BCUT2D eigenvalue weighted by atomic mass is 10.1. The maximum Gasteiger partial charge on any atom is 0.330 e. The molecule has 1 fully saturated rings. The largest absolute Gasteiger partial charge is 0.394 e. The average Bonchev–Trinajstić information content (AvgIpc) is 2.70. The summed E-state index contributed by atoms with van der Waals surface area (Å²) in [5.41, 5.74) is -1.85. The molecule has 0 saturated carbocycles. The molecule has 0 radical (unpaired) electrons. The first-order chi connectivity index (χ1) is 9.49. The molecule has 2 heterocycles. The number of aromatic nitrogens is 2. The van der Waals surface area contributed by atoms with Crippen molar-refractivity contribution in [3.63, 3.8) is 0 Å². The Morgan fingerprint density at radius 2 is 2.10 bits per heavy atom. The van der Waals surface area contributed by atoms with Crippen LogP contribution in [-0.2, 0) is 4.74 Å². The van der Waals surface area contributed by atoms with Gasteiger partial charge in [-0.15, -0.1) is 0 Å². The normalized spacial score (nSPS) is 30.2. The topological polar surface area (TPSA) is 125 Å². The van der Waals surface area contributed by atoms with Crippen LogP contribution in [0.4, 0.5) is 4.39 Å². The van der Waals surface area contributed by atoms with Crippen molar-refractivity contribution >= 4 is 6.08 Å². The molecule has 20 heavy (non-hydrogen) atoms. The number of aliphatic hydroxyl groups is 3. The number of rotatable bonds is 3. The Kier molecular flexibility index (Phi) is 4.14. The number of aromatic amines is 1. The highest BCUT2D eigenvalue weighted by Gasteiger charge is 2.43. The lowest BCUT2D eigenvalue weighted by Crippen LogP contribution is -2.38. The highest BCUT2D eigenvalue weighted by molar-refractivity contribution is 5.44. The van der Waals surface area contributed by atoms with Gasteiger partial charge in [0.05, 0.1) is 18.5 Å². The van der Waals surface area contributed by atoms with E-state index in [0.29, 0.717) is 0 Å². The van der Waals surface area contributed by atoms with Crippen molar-refractivity contribution in [1.82, 2.24) is 9.55 Å². The van der Waals surface area contributed by atoms with E-state index in [-0.39, 0.29) is 11.9 Å². The van der Waals surface area contributed by atoms with Crippen LogP contribution in [0.2, 0.25) is 0 Å². The van der Waals surface area contributed by atoms with Crippen molar-refractivity contribution in [1.29, 1.82) is 0 Å². The number of ether oxygens (including phenoxy) is 1. The van der Waals surface area contributed by atoms with E-state index in [4.69, 9.17) is 9.84 Å². The number of aliphatic hydroxyl groups excluding tert-OH is 3. The van der Waals surface area contributed by atoms with E-state index in [0.717, 1.165) is 16.8 Å². The first-order valence-corrected chi connectivity index (χ1v) is 5.74. The van der Waals surface area contributed by atoms with Gasteiger partial charge in [-0.25, -0.2) is 9.18 Å². The van der Waals surface area contributed by atoms with E-state index in [1.165, 1.54) is 0 Å². The zero-order valence-electron chi connectivity index (χ0n) is 10.1. The van der Waals surface area contributed by atoms with Crippen molar-refractivity contribution in [2.75, 3.05) is 6.61 Å². The lowest BCUT2D eigenvalue weighted by molar-refractivity contribution is -0.0550. The fourth-order valence-electron chi connectivity index (χ4n) is 1.99. The first-order valence-electron chi connectivity index (χ1n) is 5.74. The molecule has 1 aliphatic heterocycles. The molecule has 0 aliphatic carbocycles. The molecule has 4 atom stereocenters. The van der Waals surface area contributed by atoms with Crippen molar-refractivity contribution in [3.8, 4) is 0 Å². The van der Waals surface area contributed by atoms with E-state index >= 15 is 0 Å². The molecular weight excluding hydrogens is 275 g/mol. The highest BCUT2D eigenvalue weighted by atomic mass is 19.1. The summed E-state index contributed by atoms with van der Waals surface area (Å²) in [6.07, 6.45) is -3.26. The molecule has 0 bridgehead atoms. The summed E-state index contributed by atoms with van der Waals surface area (Å²) >= 11 is 0. The number of hydrogen-bond acceptors (Lipinski definition) is 6. The number of nitrogens with zero attached hydrogens (tertiary/aromatic N) is 1. The minimum absolute atomic E-state index is 0.122. The first kappa shape index (κ1) is 14.6. The molecule has 0 aromatic carbocycles. The highest BCUT2D eigenvalue weighted by Crippen LogP contribution is 2.27. The summed E-state index contributed by atoms with van der Waals surface area (Å²) in [5.74, 6) is 0. The quantitative estimate of drug-likeness (QED) is 0.514. The number of nitrogens with one attached hydrogen (secondary N) is 1. The molecular formula is C11H13FN2O6. The second kappa shape index (κ2) is 5.67. The summed E-state index contributed by atoms with van der Waals surface area (Å²) < 4.78 is 18.1. The maximum atomic E-state index is 12.1. The Hall–Kier alpha value is -1.81. The van der Waals surface area contributed by atoms with Gasteiger partial charge < -0.3 is 20.1 Å². The molecule has 1 aromatic rings. The van der Waals surface area contributed by atoms with Gasteiger partial charge in [0, 0.05) is 6.20 Å². The van der Waals surface area contributed by atoms with Gasteiger partial charge in [0.15, 0.2) is 6.23 Å². The standard InChI is InChI=1S/C11H13FN2O6/c12-2-1-5-3-14(11(19)13-9(5)18)10-8(17)7(16)6(4-15)20-10/h1-3,6-8,10,15-17H,4H2,(H,13,18,19)/b2-1+/t6-,7?,8?,10-/m1/s1. The van der Waals surface area contributed by atoms with Crippen LogP contribution in [0.5, 0.6) is 0 Å². The monoisotopic (exact) mass is 288 g/mol. The Labute approximate surface area is 111 Å². The van der Waals surface area contributed by atoms with Crippen LogP contribution < -0.4 is 11.2 Å². The Morgan fingerprint density at radius 3 is 2.65 bits per heavy atom. The Balaban J connectivity index is 2.46. The third-order valence-corrected chi connectivity index (χ3v) is 3.03. The number of halogens is 1. The maximum absolute atomic E-state index is 12.1. The predicted octanol–water partition coefficient (Wildman–Crippen LogP) is -1.91. The molecule has 110 valence electrons. The van der Waals surface area contributed by atoms with Crippen molar-refractivity contribution in [2.45, 2.75) is 24.5 Å². The van der Waals surface area contributed by atoms with Crippen LogP contribution in [0.1, 0.15) is 11.8 Å². The van der Waals surface area contributed by atoms with Gasteiger partial charge in [0.25, 0.3) is 5.56 Å². The fraction of sp³-hybridized carbons (Fsp3) is 0.455. The third-order valence-electron chi connectivity index (χ3n) is 3.03. The molecule has 1 aliphatic rings. The summed E-state index contributed by atoms with van der Waals surface area (Å²) in [7, 11) is 0. The SMILES string of the molecule is O=c1[nH]c(=O)n([C@@H]2O[C@H](CO)C(O)C2O)cc1/C=C/F. The Bertz CT molecular complexity index is 624. The van der Waals surface area contributed by atoms with Gasteiger partial charge in [-0.05, 0) is 6.08 Å². The second-order valence-corrected chi connectivity index (χ2v) is 4.27. The van der Waals surface area contributed by atoms with Crippen LogP contribution in [0.25, 0.3) is 6.08 Å². The van der Waals surface area contributed by atoms with Gasteiger partial charge >= 0.3 is 5.69 Å². The third kappa shape index (κ3) is 2.43. The zero-order chi connectivity index (χ0) is 14.9. The summed E-state index contributed by atoms with van der Waals surface area (Å²) in [6.45, 7) is -0.552. The number of hydrogen-bond donors (Lipinski definition) is 4. The molecule has 0 spiro atoms. The Morgan fingerprint density at radius 1 is 1.40 bits per heavy atom. The molecule has 1 aromatic heterocycles.